The molecule has 5 nitrogen and oxygen atoms in total. The summed E-state index contributed by atoms with van der Waals surface area (Å²) in [5.41, 5.74) is 5.66. The average molecular weight is 511 g/mol. The second-order valence-electron chi connectivity index (χ2n) is 10.2. The summed E-state index contributed by atoms with van der Waals surface area (Å²) in [5.74, 6) is -0.578. The van der Waals surface area contributed by atoms with E-state index in [0.717, 1.165) is 19.4 Å². The maximum Gasteiger partial charge on any atom is 0.335 e. The van der Waals surface area contributed by atoms with E-state index in [1.807, 2.05) is 11.0 Å². The first-order valence-electron chi connectivity index (χ1n) is 13.6. The molecule has 3 unspecified atom stereocenters. The molecule has 1 fully saturated rings. The van der Waals surface area contributed by atoms with Crippen molar-refractivity contribution in [3.8, 4) is 0 Å². The van der Waals surface area contributed by atoms with Crippen LogP contribution in [0.1, 0.15) is 81.6 Å². The average Bonchev–Trinajstić information content (AvgIpc) is 2.95. The van der Waals surface area contributed by atoms with Crippen LogP contribution in [0.5, 0.6) is 0 Å². The maximum atomic E-state index is 13.4. The van der Waals surface area contributed by atoms with E-state index in [1.165, 1.54) is 34.4 Å². The molecule has 1 saturated heterocycles. The number of rotatable bonds is 9. The number of amides is 1. The Morgan fingerprint density at radius 2 is 1.79 bits per heavy atom. The Morgan fingerprint density at radius 1 is 1.05 bits per heavy atom. The van der Waals surface area contributed by atoms with Crippen molar-refractivity contribution in [2.75, 3.05) is 19.6 Å². The van der Waals surface area contributed by atoms with Crippen LogP contribution in [0.15, 0.2) is 78.9 Å². The summed E-state index contributed by atoms with van der Waals surface area (Å²) in [5, 5.41) is 13.2. The van der Waals surface area contributed by atoms with Gasteiger partial charge in [0.15, 0.2) is 0 Å². The number of likely N-dealkylation sites (tertiary alicyclic amines) is 1. The van der Waals surface area contributed by atoms with Gasteiger partial charge in [0.25, 0.3) is 5.91 Å². The second-order valence-corrected chi connectivity index (χ2v) is 10.2. The SMILES string of the molecule is CC/C=C\c1c(C)cccc1C(C)NCC1CCN(C(=O)c2cccc(C(=O)O)c2)CC1c1ccccc1. The van der Waals surface area contributed by atoms with Crippen LogP contribution in [-0.2, 0) is 0 Å². The molecule has 0 radical (unpaired) electrons. The van der Waals surface area contributed by atoms with E-state index in [-0.39, 0.29) is 23.4 Å². The molecular formula is C33H38N2O3. The number of hydrogen-bond acceptors (Lipinski definition) is 3. The Balaban J connectivity index is 1.51. The third-order valence-corrected chi connectivity index (χ3v) is 7.66. The van der Waals surface area contributed by atoms with Crippen molar-refractivity contribution in [1.82, 2.24) is 10.2 Å². The molecule has 3 atom stereocenters. The molecule has 1 heterocycles. The maximum absolute atomic E-state index is 13.4. The van der Waals surface area contributed by atoms with E-state index in [0.29, 0.717) is 24.6 Å². The smallest absolute Gasteiger partial charge is 0.335 e. The van der Waals surface area contributed by atoms with Gasteiger partial charge in [-0.2, -0.15) is 0 Å². The highest BCUT2D eigenvalue weighted by Crippen LogP contribution is 2.34. The van der Waals surface area contributed by atoms with E-state index >= 15 is 0 Å². The first-order chi connectivity index (χ1) is 18.4. The third kappa shape index (κ3) is 6.40. The number of carboxylic acid groups (broad SMARTS) is 1. The Morgan fingerprint density at radius 3 is 2.53 bits per heavy atom. The Kier molecular flexibility index (Phi) is 9.14. The normalized spacial score (nSPS) is 18.4. The van der Waals surface area contributed by atoms with Gasteiger partial charge >= 0.3 is 5.97 Å². The highest BCUT2D eigenvalue weighted by Gasteiger charge is 2.33. The van der Waals surface area contributed by atoms with E-state index in [9.17, 15) is 14.7 Å². The zero-order chi connectivity index (χ0) is 27.1. The van der Waals surface area contributed by atoms with Crippen molar-refractivity contribution >= 4 is 18.0 Å². The standard InChI is InChI=1S/C33H38N2O3/c1-4-5-16-29-23(2)11-9-17-30(29)24(3)34-21-28-18-19-35(22-31(28)25-12-7-6-8-13-25)32(36)26-14-10-15-27(20-26)33(37)38/h5-17,20,24,28,31,34H,4,18-19,21-22H2,1-3H3,(H,37,38)/b16-5-. The predicted octanol–water partition coefficient (Wildman–Crippen LogP) is 6.71. The van der Waals surface area contributed by atoms with Crippen molar-refractivity contribution in [2.45, 2.75) is 45.6 Å². The number of aryl methyl sites for hydroxylation is 1. The van der Waals surface area contributed by atoms with Crippen molar-refractivity contribution < 1.29 is 14.7 Å². The van der Waals surface area contributed by atoms with Gasteiger partial charge in [-0.25, -0.2) is 4.79 Å². The molecule has 1 aliphatic rings. The molecule has 0 spiro atoms. The lowest BCUT2D eigenvalue weighted by molar-refractivity contribution is 0.0657. The van der Waals surface area contributed by atoms with Gasteiger partial charge in [-0.3, -0.25) is 4.79 Å². The highest BCUT2D eigenvalue weighted by molar-refractivity contribution is 5.97. The minimum Gasteiger partial charge on any atom is -0.478 e. The summed E-state index contributed by atoms with van der Waals surface area (Å²) in [6, 6.07) is 23.4. The van der Waals surface area contributed by atoms with Gasteiger partial charge < -0.3 is 15.3 Å². The molecule has 0 bridgehead atoms. The van der Waals surface area contributed by atoms with Crippen LogP contribution in [-0.4, -0.2) is 41.5 Å². The lowest BCUT2D eigenvalue weighted by atomic mass is 9.80. The Hall–Kier alpha value is -3.70. The second kappa shape index (κ2) is 12.7. The van der Waals surface area contributed by atoms with Gasteiger partial charge in [0.05, 0.1) is 5.56 Å². The number of nitrogens with one attached hydrogen (secondary N) is 1. The van der Waals surface area contributed by atoms with Gasteiger partial charge in [0, 0.05) is 30.6 Å². The molecule has 2 N–H and O–H groups in total. The molecule has 0 aliphatic carbocycles. The van der Waals surface area contributed by atoms with Crippen LogP contribution in [0.25, 0.3) is 6.08 Å². The summed E-state index contributed by atoms with van der Waals surface area (Å²) < 4.78 is 0. The molecule has 0 aromatic heterocycles. The fourth-order valence-corrected chi connectivity index (χ4v) is 5.46. The molecule has 5 heteroatoms. The summed E-state index contributed by atoms with van der Waals surface area (Å²) in [6.45, 7) is 8.65. The van der Waals surface area contributed by atoms with E-state index in [4.69, 9.17) is 0 Å². The molecule has 198 valence electrons. The Labute approximate surface area is 226 Å². The van der Waals surface area contributed by atoms with Gasteiger partial charge in [-0.15, -0.1) is 0 Å². The highest BCUT2D eigenvalue weighted by atomic mass is 16.4. The van der Waals surface area contributed by atoms with Gasteiger partial charge in [-0.1, -0.05) is 73.7 Å². The lowest BCUT2D eigenvalue weighted by Gasteiger charge is -2.39. The lowest BCUT2D eigenvalue weighted by Crippen LogP contribution is -2.45. The topological polar surface area (TPSA) is 69.6 Å². The van der Waals surface area contributed by atoms with Gasteiger partial charge in [0.2, 0.25) is 0 Å². The predicted molar refractivity (Wildman–Crippen MR) is 154 cm³/mol. The number of piperidine rings is 1. The minimum absolute atomic E-state index is 0.110. The first kappa shape index (κ1) is 27.3. The summed E-state index contributed by atoms with van der Waals surface area (Å²) in [4.78, 5) is 26.7. The number of carbonyl (C=O) groups is 2. The monoisotopic (exact) mass is 510 g/mol. The number of allylic oxidation sites excluding steroid dienone is 1. The summed E-state index contributed by atoms with van der Waals surface area (Å²) in [6.07, 6.45) is 6.33. The van der Waals surface area contributed by atoms with Crippen LogP contribution < -0.4 is 5.32 Å². The number of hydrogen-bond donors (Lipinski definition) is 2. The van der Waals surface area contributed by atoms with Crippen LogP contribution >= 0.6 is 0 Å². The van der Waals surface area contributed by atoms with E-state index in [1.54, 1.807) is 12.1 Å². The van der Waals surface area contributed by atoms with E-state index in [2.05, 4.69) is 80.7 Å². The zero-order valence-electron chi connectivity index (χ0n) is 22.6. The number of benzene rings is 3. The van der Waals surface area contributed by atoms with Gasteiger partial charge in [-0.05, 0) is 79.6 Å². The molecule has 0 saturated carbocycles. The molecule has 38 heavy (non-hydrogen) atoms. The molecule has 1 aliphatic heterocycles. The van der Waals surface area contributed by atoms with Gasteiger partial charge in [0.1, 0.15) is 0 Å². The molecule has 1 amide bonds. The Bertz CT molecular complexity index is 1280. The number of carbonyl (C=O) groups excluding carboxylic acids is 1. The zero-order valence-corrected chi connectivity index (χ0v) is 22.6. The summed E-state index contributed by atoms with van der Waals surface area (Å²) in [7, 11) is 0. The van der Waals surface area contributed by atoms with Crippen LogP contribution in [0, 0.1) is 12.8 Å². The number of aromatic carboxylic acids is 1. The quantitative estimate of drug-likeness (QED) is 0.336. The summed E-state index contributed by atoms with van der Waals surface area (Å²) >= 11 is 0. The molecule has 3 aromatic carbocycles. The molecular weight excluding hydrogens is 472 g/mol. The number of carboxylic acids is 1. The van der Waals surface area contributed by atoms with E-state index < -0.39 is 5.97 Å². The van der Waals surface area contributed by atoms with Crippen molar-refractivity contribution in [3.05, 3.63) is 112 Å². The van der Waals surface area contributed by atoms with Crippen molar-refractivity contribution in [1.29, 1.82) is 0 Å². The van der Waals surface area contributed by atoms with Crippen molar-refractivity contribution in [3.63, 3.8) is 0 Å². The third-order valence-electron chi connectivity index (χ3n) is 7.66. The van der Waals surface area contributed by atoms with Crippen LogP contribution in [0.4, 0.5) is 0 Å². The number of nitrogens with zero attached hydrogens (tertiary/aromatic N) is 1. The first-order valence-corrected chi connectivity index (χ1v) is 13.6. The minimum atomic E-state index is -1.03. The van der Waals surface area contributed by atoms with Crippen LogP contribution in [0.3, 0.4) is 0 Å². The van der Waals surface area contributed by atoms with Crippen LogP contribution in [0.2, 0.25) is 0 Å². The molecule has 3 aromatic rings. The van der Waals surface area contributed by atoms with Crippen molar-refractivity contribution in [2.24, 2.45) is 5.92 Å². The largest absolute Gasteiger partial charge is 0.478 e. The fraction of sp³-hybridized carbons (Fsp3) is 0.333. The fourth-order valence-electron chi connectivity index (χ4n) is 5.46. The molecule has 4 rings (SSSR count).